The molecule has 3 aromatic rings. The molecule has 0 radical (unpaired) electrons. The Morgan fingerprint density at radius 3 is 1.96 bits per heavy atom. The second-order valence-corrected chi connectivity index (χ2v) is 5.94. The fourth-order valence-corrected chi connectivity index (χ4v) is 2.53. The smallest absolute Gasteiger partial charge is 0.271 e. The predicted octanol–water partition coefficient (Wildman–Crippen LogP) is 3.62. The lowest BCUT2D eigenvalue weighted by Gasteiger charge is -2.07. The maximum absolute atomic E-state index is 12.1. The lowest BCUT2D eigenvalue weighted by Crippen LogP contribution is -2.19. The first kappa shape index (κ1) is 18.0. The summed E-state index contributed by atoms with van der Waals surface area (Å²) in [5.41, 5.74) is 5.95. The third kappa shape index (κ3) is 4.07. The average Bonchev–Trinajstić information content (AvgIpc) is 2.70. The Morgan fingerprint density at radius 2 is 1.37 bits per heavy atom. The zero-order valence-electron chi connectivity index (χ0n) is 14.5. The van der Waals surface area contributed by atoms with Crippen molar-refractivity contribution in [2.45, 2.75) is 6.92 Å². The van der Waals surface area contributed by atoms with E-state index in [-0.39, 0.29) is 5.56 Å². The van der Waals surface area contributed by atoms with Crippen molar-refractivity contribution in [3.8, 4) is 28.4 Å². The average molecular weight is 362 g/mol. The van der Waals surface area contributed by atoms with Crippen LogP contribution in [0.2, 0.25) is 0 Å². The summed E-state index contributed by atoms with van der Waals surface area (Å²) in [6.45, 7) is 1.75. The molecule has 4 N–H and O–H groups in total. The molecular formula is C21H18N2O4. The van der Waals surface area contributed by atoms with Crippen molar-refractivity contribution in [3.05, 3.63) is 77.9 Å². The number of hydrazone groups is 1. The molecule has 0 aliphatic rings. The Labute approximate surface area is 156 Å². The maximum atomic E-state index is 12.1. The summed E-state index contributed by atoms with van der Waals surface area (Å²) in [6.07, 6.45) is 0. The van der Waals surface area contributed by atoms with Crippen molar-refractivity contribution in [1.82, 2.24) is 5.43 Å². The van der Waals surface area contributed by atoms with Crippen molar-refractivity contribution in [2.75, 3.05) is 0 Å². The number of phenolic OH excluding ortho intramolecular Hbond substituents is 3. The van der Waals surface area contributed by atoms with Crippen LogP contribution in [0.25, 0.3) is 11.1 Å². The molecule has 0 atom stereocenters. The fraction of sp³-hybridized carbons (Fsp3) is 0.0476. The van der Waals surface area contributed by atoms with Gasteiger partial charge in [-0.3, -0.25) is 4.79 Å². The molecule has 0 saturated heterocycles. The Bertz CT molecular complexity index is 973. The SMILES string of the molecule is CC(=NNC(=O)c1cc(O)c(O)c(O)c1)c1ccc(-c2ccccc2)cc1. The second kappa shape index (κ2) is 7.61. The first-order valence-electron chi connectivity index (χ1n) is 8.21. The van der Waals surface area contributed by atoms with Crippen molar-refractivity contribution < 1.29 is 20.1 Å². The zero-order chi connectivity index (χ0) is 19.4. The lowest BCUT2D eigenvalue weighted by molar-refractivity contribution is 0.0954. The summed E-state index contributed by atoms with van der Waals surface area (Å²) < 4.78 is 0. The molecule has 6 heteroatoms. The van der Waals surface area contributed by atoms with Gasteiger partial charge in [-0.25, -0.2) is 5.43 Å². The van der Waals surface area contributed by atoms with Crippen LogP contribution in [0.5, 0.6) is 17.2 Å². The van der Waals surface area contributed by atoms with Gasteiger partial charge in [-0.1, -0.05) is 54.6 Å². The van der Waals surface area contributed by atoms with Gasteiger partial charge in [0.25, 0.3) is 5.91 Å². The van der Waals surface area contributed by atoms with Gasteiger partial charge in [0.15, 0.2) is 17.2 Å². The summed E-state index contributed by atoms with van der Waals surface area (Å²) >= 11 is 0. The maximum Gasteiger partial charge on any atom is 0.271 e. The molecule has 0 aliphatic heterocycles. The largest absolute Gasteiger partial charge is 0.504 e. The molecule has 0 heterocycles. The molecule has 3 rings (SSSR count). The number of phenols is 3. The predicted molar refractivity (Wildman–Crippen MR) is 103 cm³/mol. The van der Waals surface area contributed by atoms with Crippen molar-refractivity contribution >= 4 is 11.6 Å². The van der Waals surface area contributed by atoms with Crippen LogP contribution in [-0.2, 0) is 0 Å². The molecule has 0 bridgehead atoms. The van der Waals surface area contributed by atoms with Gasteiger partial charge in [0.05, 0.1) is 5.71 Å². The molecular weight excluding hydrogens is 344 g/mol. The standard InChI is InChI=1S/C21H18N2O4/c1-13(14-7-9-16(10-8-14)15-5-3-2-4-6-15)22-23-21(27)17-11-18(24)20(26)19(25)12-17/h2-12,24-26H,1H3,(H,23,27). The Morgan fingerprint density at radius 1 is 0.815 bits per heavy atom. The van der Waals surface area contributed by atoms with Crippen LogP contribution >= 0.6 is 0 Å². The number of nitrogens with one attached hydrogen (secondary N) is 1. The van der Waals surface area contributed by atoms with Gasteiger partial charge in [0.1, 0.15) is 0 Å². The molecule has 136 valence electrons. The summed E-state index contributed by atoms with van der Waals surface area (Å²) in [6, 6.07) is 19.8. The number of hydrogen-bond acceptors (Lipinski definition) is 5. The van der Waals surface area contributed by atoms with Crippen molar-refractivity contribution in [2.24, 2.45) is 5.10 Å². The highest BCUT2D eigenvalue weighted by atomic mass is 16.3. The van der Waals surface area contributed by atoms with Gasteiger partial charge in [0.2, 0.25) is 0 Å². The van der Waals surface area contributed by atoms with Crippen LogP contribution in [0.4, 0.5) is 0 Å². The first-order valence-corrected chi connectivity index (χ1v) is 8.21. The molecule has 3 aromatic carbocycles. The Balaban J connectivity index is 1.73. The normalized spacial score (nSPS) is 11.2. The number of carbonyl (C=O) groups excluding carboxylic acids is 1. The second-order valence-electron chi connectivity index (χ2n) is 5.94. The highest BCUT2D eigenvalue weighted by Gasteiger charge is 2.13. The number of amides is 1. The third-order valence-electron chi connectivity index (χ3n) is 4.07. The zero-order valence-corrected chi connectivity index (χ0v) is 14.5. The summed E-state index contributed by atoms with van der Waals surface area (Å²) in [7, 11) is 0. The fourth-order valence-electron chi connectivity index (χ4n) is 2.53. The molecule has 0 unspecified atom stereocenters. The molecule has 0 fully saturated rings. The minimum atomic E-state index is -0.676. The van der Waals surface area contributed by atoms with E-state index in [0.717, 1.165) is 28.8 Å². The van der Waals surface area contributed by atoms with E-state index in [1.54, 1.807) is 6.92 Å². The quantitative estimate of drug-likeness (QED) is 0.323. The molecule has 1 amide bonds. The van der Waals surface area contributed by atoms with E-state index in [9.17, 15) is 20.1 Å². The van der Waals surface area contributed by atoms with Gasteiger partial charge in [0, 0.05) is 5.56 Å². The van der Waals surface area contributed by atoms with E-state index in [0.29, 0.717) is 5.71 Å². The molecule has 27 heavy (non-hydrogen) atoms. The highest BCUT2D eigenvalue weighted by Crippen LogP contribution is 2.35. The summed E-state index contributed by atoms with van der Waals surface area (Å²) in [4.78, 5) is 12.1. The van der Waals surface area contributed by atoms with Crippen molar-refractivity contribution in [3.63, 3.8) is 0 Å². The number of aromatic hydroxyl groups is 3. The van der Waals surface area contributed by atoms with Crippen molar-refractivity contribution in [1.29, 1.82) is 0 Å². The van der Waals surface area contributed by atoms with Crippen LogP contribution < -0.4 is 5.43 Å². The molecule has 0 aromatic heterocycles. The minimum Gasteiger partial charge on any atom is -0.504 e. The van der Waals surface area contributed by atoms with Crippen LogP contribution in [0.3, 0.4) is 0 Å². The summed E-state index contributed by atoms with van der Waals surface area (Å²) in [5.74, 6) is -2.47. The van der Waals surface area contributed by atoms with E-state index in [2.05, 4.69) is 10.5 Å². The molecule has 6 nitrogen and oxygen atoms in total. The van der Waals surface area contributed by atoms with Gasteiger partial charge in [-0.15, -0.1) is 0 Å². The number of rotatable bonds is 4. The van der Waals surface area contributed by atoms with Crippen LogP contribution in [0.1, 0.15) is 22.8 Å². The minimum absolute atomic E-state index is 0.0289. The topological polar surface area (TPSA) is 102 Å². The highest BCUT2D eigenvalue weighted by molar-refractivity contribution is 6.01. The summed E-state index contributed by atoms with van der Waals surface area (Å²) in [5, 5.41) is 32.3. The molecule has 0 aliphatic carbocycles. The van der Waals surface area contributed by atoms with Gasteiger partial charge < -0.3 is 15.3 Å². The molecule has 0 saturated carbocycles. The molecule has 0 spiro atoms. The number of carbonyl (C=O) groups is 1. The van der Waals surface area contributed by atoms with Gasteiger partial charge >= 0.3 is 0 Å². The van der Waals surface area contributed by atoms with E-state index >= 15 is 0 Å². The number of benzene rings is 3. The van der Waals surface area contributed by atoms with E-state index in [1.165, 1.54) is 0 Å². The van der Waals surface area contributed by atoms with E-state index in [1.807, 2.05) is 54.6 Å². The Hall–Kier alpha value is -3.80. The van der Waals surface area contributed by atoms with Crippen LogP contribution in [0, 0.1) is 0 Å². The van der Waals surface area contributed by atoms with Crippen LogP contribution in [0.15, 0.2) is 71.8 Å². The van der Waals surface area contributed by atoms with E-state index < -0.39 is 23.2 Å². The Kier molecular flexibility index (Phi) is 5.08. The van der Waals surface area contributed by atoms with E-state index in [4.69, 9.17) is 0 Å². The monoisotopic (exact) mass is 362 g/mol. The number of nitrogens with zero attached hydrogens (tertiary/aromatic N) is 1. The van der Waals surface area contributed by atoms with Crippen LogP contribution in [-0.4, -0.2) is 26.9 Å². The first-order chi connectivity index (χ1) is 13.0. The van der Waals surface area contributed by atoms with Gasteiger partial charge in [-0.2, -0.15) is 5.10 Å². The third-order valence-corrected chi connectivity index (χ3v) is 4.07. The lowest BCUT2D eigenvalue weighted by atomic mass is 10.0. The number of hydrogen-bond donors (Lipinski definition) is 4. The van der Waals surface area contributed by atoms with Gasteiger partial charge in [-0.05, 0) is 35.7 Å².